The minimum absolute atomic E-state index is 0.101. The standard InChI is InChI=1S/C24H37N5O4S2/c1-2-3-4-5-6-7-8-9-10-14-19-33-21(30)17-18-25-22(31)27-28-23-26-24(29-34-23)35(32)20-15-12-11-13-16-20/h11-13,15-16H,2-10,14,17-19H2,1H3,(H2,25,27,31)(H,26,28,29). The van der Waals surface area contributed by atoms with Crippen LogP contribution in [0.2, 0.25) is 0 Å². The van der Waals surface area contributed by atoms with E-state index in [0.717, 1.165) is 24.4 Å². The third-order valence-corrected chi connectivity index (χ3v) is 7.15. The largest absolute Gasteiger partial charge is 0.466 e. The fraction of sp³-hybridized carbons (Fsp3) is 0.583. The van der Waals surface area contributed by atoms with Crippen LogP contribution in [0.4, 0.5) is 9.93 Å². The van der Waals surface area contributed by atoms with Crippen LogP contribution in [-0.2, 0) is 20.3 Å². The molecule has 1 unspecified atom stereocenters. The maximum absolute atomic E-state index is 12.4. The molecule has 0 fully saturated rings. The Morgan fingerprint density at radius 1 is 0.971 bits per heavy atom. The molecule has 2 rings (SSSR count). The summed E-state index contributed by atoms with van der Waals surface area (Å²) in [6.07, 6.45) is 12.4. The van der Waals surface area contributed by atoms with Gasteiger partial charge in [-0.05, 0) is 18.6 Å². The lowest BCUT2D eigenvalue weighted by Crippen LogP contribution is -2.39. The van der Waals surface area contributed by atoms with Crippen molar-refractivity contribution in [1.29, 1.82) is 0 Å². The first kappa shape index (κ1) is 28.7. The molecule has 0 spiro atoms. The van der Waals surface area contributed by atoms with E-state index in [2.05, 4.69) is 32.4 Å². The Morgan fingerprint density at radius 2 is 1.63 bits per heavy atom. The number of rotatable bonds is 18. The molecular formula is C24H37N5O4S2. The zero-order chi connectivity index (χ0) is 25.1. The van der Waals surface area contributed by atoms with E-state index < -0.39 is 16.8 Å². The first-order chi connectivity index (χ1) is 17.1. The van der Waals surface area contributed by atoms with Gasteiger partial charge in [0.15, 0.2) is 0 Å². The smallest absolute Gasteiger partial charge is 0.333 e. The summed E-state index contributed by atoms with van der Waals surface area (Å²) in [6.45, 7) is 2.81. The van der Waals surface area contributed by atoms with Crippen molar-refractivity contribution in [3.05, 3.63) is 30.3 Å². The quantitative estimate of drug-likeness (QED) is 0.140. The number of hydrogen-bond acceptors (Lipinski definition) is 8. The van der Waals surface area contributed by atoms with Crippen LogP contribution < -0.4 is 16.2 Å². The highest BCUT2D eigenvalue weighted by Gasteiger charge is 2.13. The predicted octanol–water partition coefficient (Wildman–Crippen LogP) is 5.19. The summed E-state index contributed by atoms with van der Waals surface area (Å²) in [5, 5.41) is 3.03. The number of aromatic nitrogens is 2. The Hall–Kier alpha value is -2.53. The highest BCUT2D eigenvalue weighted by molar-refractivity contribution is 7.85. The van der Waals surface area contributed by atoms with E-state index in [4.69, 9.17) is 4.74 Å². The van der Waals surface area contributed by atoms with Crippen LogP contribution in [0, 0.1) is 0 Å². The Labute approximate surface area is 214 Å². The SMILES string of the molecule is CCCCCCCCCCCCOC(=O)CCNC(=O)NNc1nc(S(=O)c2ccccc2)ns1. The molecule has 1 aromatic carbocycles. The van der Waals surface area contributed by atoms with Crippen molar-refractivity contribution in [3.8, 4) is 0 Å². The van der Waals surface area contributed by atoms with Gasteiger partial charge in [-0.2, -0.15) is 9.36 Å². The van der Waals surface area contributed by atoms with E-state index in [1.807, 2.05) is 6.07 Å². The second-order valence-electron chi connectivity index (χ2n) is 8.12. The molecule has 0 saturated carbocycles. The van der Waals surface area contributed by atoms with Crippen molar-refractivity contribution in [2.75, 3.05) is 18.6 Å². The van der Waals surface area contributed by atoms with Crippen LogP contribution in [0.5, 0.6) is 0 Å². The normalized spacial score (nSPS) is 11.6. The van der Waals surface area contributed by atoms with Gasteiger partial charge in [-0.15, -0.1) is 0 Å². The van der Waals surface area contributed by atoms with Crippen LogP contribution in [-0.4, -0.2) is 38.7 Å². The Bertz CT molecular complexity index is 895. The van der Waals surface area contributed by atoms with E-state index in [1.54, 1.807) is 24.3 Å². The van der Waals surface area contributed by atoms with Crippen molar-refractivity contribution >= 4 is 39.5 Å². The average molecular weight is 524 g/mol. The minimum atomic E-state index is -1.49. The third kappa shape index (κ3) is 12.7. The van der Waals surface area contributed by atoms with Gasteiger partial charge in [0.05, 0.1) is 13.0 Å². The molecule has 11 heteroatoms. The third-order valence-electron chi connectivity index (χ3n) is 5.19. The van der Waals surface area contributed by atoms with Crippen LogP contribution in [0.25, 0.3) is 0 Å². The number of esters is 1. The summed E-state index contributed by atoms with van der Waals surface area (Å²) in [5.74, 6) is -0.327. The summed E-state index contributed by atoms with van der Waals surface area (Å²) in [7, 11) is -1.49. The molecule has 1 aromatic heterocycles. The van der Waals surface area contributed by atoms with Crippen LogP contribution >= 0.6 is 11.5 Å². The Balaban J connectivity index is 1.47. The van der Waals surface area contributed by atoms with Gasteiger partial charge in [0, 0.05) is 23.0 Å². The highest BCUT2D eigenvalue weighted by Crippen LogP contribution is 2.17. The van der Waals surface area contributed by atoms with Crippen molar-refractivity contribution in [2.24, 2.45) is 0 Å². The topological polar surface area (TPSA) is 122 Å². The number of carbonyl (C=O) groups is 2. The van der Waals surface area contributed by atoms with Crippen LogP contribution in [0.3, 0.4) is 0 Å². The number of urea groups is 1. The van der Waals surface area contributed by atoms with Gasteiger partial charge >= 0.3 is 12.0 Å². The molecule has 2 amide bonds. The van der Waals surface area contributed by atoms with E-state index in [1.165, 1.54) is 51.4 Å². The van der Waals surface area contributed by atoms with E-state index in [-0.39, 0.29) is 24.1 Å². The second-order valence-corrected chi connectivity index (χ2v) is 10.2. The van der Waals surface area contributed by atoms with Gasteiger partial charge < -0.3 is 10.1 Å². The number of anilines is 1. The minimum Gasteiger partial charge on any atom is -0.466 e. The zero-order valence-electron chi connectivity index (χ0n) is 20.4. The van der Waals surface area contributed by atoms with E-state index in [0.29, 0.717) is 16.6 Å². The Kier molecular flexibility index (Phi) is 14.6. The van der Waals surface area contributed by atoms with E-state index in [9.17, 15) is 13.8 Å². The van der Waals surface area contributed by atoms with Gasteiger partial charge in [-0.3, -0.25) is 10.2 Å². The van der Waals surface area contributed by atoms with Gasteiger partial charge in [0.2, 0.25) is 10.3 Å². The molecule has 3 N–H and O–H groups in total. The first-order valence-corrected chi connectivity index (χ1v) is 14.3. The van der Waals surface area contributed by atoms with E-state index >= 15 is 0 Å². The molecule has 2 aromatic rings. The fourth-order valence-corrected chi connectivity index (χ4v) is 4.92. The molecule has 35 heavy (non-hydrogen) atoms. The van der Waals surface area contributed by atoms with Crippen molar-refractivity contribution < 1.29 is 18.5 Å². The van der Waals surface area contributed by atoms with Gasteiger partial charge in [-0.25, -0.2) is 14.4 Å². The van der Waals surface area contributed by atoms with Gasteiger partial charge in [0.25, 0.3) is 0 Å². The summed E-state index contributed by atoms with van der Waals surface area (Å²) in [6, 6.07) is 8.37. The van der Waals surface area contributed by atoms with Crippen LogP contribution in [0.15, 0.2) is 40.4 Å². The Morgan fingerprint density at radius 3 is 2.31 bits per heavy atom. The number of ether oxygens (including phenoxy) is 1. The lowest BCUT2D eigenvalue weighted by atomic mass is 10.1. The van der Waals surface area contributed by atoms with Crippen LogP contribution in [0.1, 0.15) is 77.6 Å². The van der Waals surface area contributed by atoms with Gasteiger partial charge in [-0.1, -0.05) is 82.9 Å². The zero-order valence-corrected chi connectivity index (χ0v) is 22.1. The molecule has 0 bridgehead atoms. The average Bonchev–Trinajstić information content (AvgIpc) is 3.35. The number of nitrogens with one attached hydrogen (secondary N) is 3. The lowest BCUT2D eigenvalue weighted by molar-refractivity contribution is -0.143. The fourth-order valence-electron chi connectivity index (χ4n) is 3.27. The summed E-state index contributed by atoms with van der Waals surface area (Å²) in [4.78, 5) is 28.4. The number of nitrogens with zero attached hydrogens (tertiary/aromatic N) is 2. The molecule has 0 aliphatic carbocycles. The number of carbonyl (C=O) groups excluding carboxylic acids is 2. The molecule has 0 radical (unpaired) electrons. The summed E-state index contributed by atoms with van der Waals surface area (Å²) < 4.78 is 21.7. The number of hydrogen-bond donors (Lipinski definition) is 3. The maximum Gasteiger partial charge on any atom is 0.333 e. The van der Waals surface area contributed by atoms with Crippen molar-refractivity contribution in [3.63, 3.8) is 0 Å². The number of amides is 2. The molecule has 0 aliphatic heterocycles. The van der Waals surface area contributed by atoms with Crippen molar-refractivity contribution in [2.45, 2.75) is 87.6 Å². The lowest BCUT2D eigenvalue weighted by Gasteiger charge is -2.08. The second kappa shape index (κ2) is 17.8. The van der Waals surface area contributed by atoms with Gasteiger partial charge in [0.1, 0.15) is 10.8 Å². The molecule has 0 aliphatic rings. The monoisotopic (exact) mass is 523 g/mol. The van der Waals surface area contributed by atoms with Crippen molar-refractivity contribution in [1.82, 2.24) is 20.1 Å². The molecule has 194 valence electrons. The molecule has 9 nitrogen and oxygen atoms in total. The number of hydrazine groups is 1. The summed E-state index contributed by atoms with van der Waals surface area (Å²) in [5.41, 5.74) is 5.03. The predicted molar refractivity (Wildman–Crippen MR) is 139 cm³/mol. The molecule has 1 atom stereocenters. The number of unbranched alkanes of at least 4 members (excludes halogenated alkanes) is 9. The molecular weight excluding hydrogens is 486 g/mol. The molecule has 0 saturated heterocycles. The summed E-state index contributed by atoms with van der Waals surface area (Å²) >= 11 is 0.982. The first-order valence-electron chi connectivity index (χ1n) is 12.4. The maximum atomic E-state index is 12.4. The molecule has 1 heterocycles. The number of benzene rings is 1. The highest BCUT2D eigenvalue weighted by atomic mass is 32.2.